The average molecular weight is 463 g/mol. The fraction of sp³-hybridized carbons (Fsp3) is 0.440. The van der Waals surface area contributed by atoms with Crippen molar-refractivity contribution < 1.29 is 9.59 Å². The molecule has 2 amide bonds. The Morgan fingerprint density at radius 3 is 2.16 bits per heavy atom. The summed E-state index contributed by atoms with van der Waals surface area (Å²) < 4.78 is 0. The van der Waals surface area contributed by atoms with Gasteiger partial charge in [0.15, 0.2) is 0 Å². The molecular formula is C25H32Cl2N2O2. The van der Waals surface area contributed by atoms with E-state index in [1.54, 1.807) is 17.0 Å². The van der Waals surface area contributed by atoms with Crippen molar-refractivity contribution in [3.63, 3.8) is 0 Å². The quantitative estimate of drug-likeness (QED) is 0.470. The van der Waals surface area contributed by atoms with Gasteiger partial charge in [0.1, 0.15) is 6.04 Å². The van der Waals surface area contributed by atoms with E-state index in [1.807, 2.05) is 19.9 Å². The van der Waals surface area contributed by atoms with Gasteiger partial charge in [0.25, 0.3) is 0 Å². The number of carbonyl (C=O) groups is 2. The first kappa shape index (κ1) is 25.2. The van der Waals surface area contributed by atoms with Crippen LogP contribution in [0.1, 0.15) is 63.1 Å². The maximum absolute atomic E-state index is 13.2. The van der Waals surface area contributed by atoms with Crippen LogP contribution in [0.3, 0.4) is 0 Å². The molecule has 0 aliphatic carbocycles. The van der Waals surface area contributed by atoms with Gasteiger partial charge < -0.3 is 10.2 Å². The van der Waals surface area contributed by atoms with E-state index in [1.165, 1.54) is 5.56 Å². The highest BCUT2D eigenvalue weighted by atomic mass is 35.5. The van der Waals surface area contributed by atoms with Crippen LogP contribution in [0.2, 0.25) is 10.0 Å². The molecule has 0 aliphatic rings. The zero-order valence-corrected chi connectivity index (χ0v) is 20.3. The van der Waals surface area contributed by atoms with E-state index in [-0.39, 0.29) is 11.8 Å². The molecule has 2 rings (SSSR count). The first-order valence-corrected chi connectivity index (χ1v) is 11.6. The van der Waals surface area contributed by atoms with E-state index in [0.717, 1.165) is 11.1 Å². The molecule has 0 saturated carbocycles. The van der Waals surface area contributed by atoms with Gasteiger partial charge in [-0.15, -0.1) is 0 Å². The normalized spacial score (nSPS) is 12.0. The summed E-state index contributed by atoms with van der Waals surface area (Å²) in [5.41, 5.74) is 3.23. The lowest BCUT2D eigenvalue weighted by Crippen LogP contribution is -2.49. The SMILES string of the molecule is CCNC(=O)[C@@H](CC)N(Cc1ccc(Cl)c(Cl)c1)C(=O)CCc1ccc(C(C)C)cc1. The molecule has 0 heterocycles. The number of carbonyl (C=O) groups excluding carboxylic acids is 2. The third kappa shape index (κ3) is 7.26. The van der Waals surface area contributed by atoms with Gasteiger partial charge in [-0.2, -0.15) is 0 Å². The summed E-state index contributed by atoms with van der Waals surface area (Å²) in [7, 11) is 0. The van der Waals surface area contributed by atoms with Crippen LogP contribution in [0.5, 0.6) is 0 Å². The second-order valence-corrected chi connectivity index (χ2v) is 8.80. The molecule has 0 bridgehead atoms. The number of amides is 2. The van der Waals surface area contributed by atoms with Gasteiger partial charge in [0.2, 0.25) is 11.8 Å². The van der Waals surface area contributed by atoms with Crippen LogP contribution in [-0.4, -0.2) is 29.3 Å². The number of likely N-dealkylation sites (N-methyl/N-ethyl adjacent to an activating group) is 1. The number of hydrogen-bond acceptors (Lipinski definition) is 2. The fourth-order valence-corrected chi connectivity index (χ4v) is 3.83. The van der Waals surface area contributed by atoms with Crippen molar-refractivity contribution >= 4 is 35.0 Å². The van der Waals surface area contributed by atoms with E-state index in [2.05, 4.69) is 43.4 Å². The van der Waals surface area contributed by atoms with Crippen LogP contribution < -0.4 is 5.32 Å². The van der Waals surface area contributed by atoms with Crippen molar-refractivity contribution in [1.82, 2.24) is 10.2 Å². The molecule has 6 heteroatoms. The molecule has 0 aromatic heterocycles. The van der Waals surface area contributed by atoms with E-state index >= 15 is 0 Å². The highest BCUT2D eigenvalue weighted by Gasteiger charge is 2.28. The summed E-state index contributed by atoms with van der Waals surface area (Å²) in [5.74, 6) is 0.275. The zero-order valence-electron chi connectivity index (χ0n) is 18.8. The Bertz CT molecular complexity index is 882. The Balaban J connectivity index is 2.19. The van der Waals surface area contributed by atoms with E-state index in [9.17, 15) is 9.59 Å². The summed E-state index contributed by atoms with van der Waals surface area (Å²) in [6.45, 7) is 8.93. The second kappa shape index (κ2) is 12.1. The predicted molar refractivity (Wildman–Crippen MR) is 129 cm³/mol. The number of halogens is 2. The number of nitrogens with one attached hydrogen (secondary N) is 1. The van der Waals surface area contributed by atoms with Crippen LogP contribution in [0.4, 0.5) is 0 Å². The summed E-state index contributed by atoms with van der Waals surface area (Å²) in [5, 5.41) is 3.74. The van der Waals surface area contributed by atoms with E-state index in [4.69, 9.17) is 23.2 Å². The number of rotatable bonds is 10. The molecule has 0 saturated heterocycles. The van der Waals surface area contributed by atoms with Gasteiger partial charge in [-0.3, -0.25) is 9.59 Å². The number of benzene rings is 2. The van der Waals surface area contributed by atoms with Crippen molar-refractivity contribution in [3.05, 3.63) is 69.2 Å². The monoisotopic (exact) mass is 462 g/mol. The third-order valence-electron chi connectivity index (χ3n) is 5.35. The molecule has 0 aliphatic heterocycles. The largest absolute Gasteiger partial charge is 0.355 e. The van der Waals surface area contributed by atoms with Gasteiger partial charge in [-0.25, -0.2) is 0 Å². The molecule has 31 heavy (non-hydrogen) atoms. The van der Waals surface area contributed by atoms with Gasteiger partial charge >= 0.3 is 0 Å². The van der Waals surface area contributed by atoms with Crippen molar-refractivity contribution in [2.75, 3.05) is 6.54 Å². The van der Waals surface area contributed by atoms with Crippen LogP contribution in [-0.2, 0) is 22.6 Å². The molecule has 0 fully saturated rings. The maximum atomic E-state index is 13.2. The van der Waals surface area contributed by atoms with Crippen LogP contribution in [0.15, 0.2) is 42.5 Å². The number of aryl methyl sites for hydroxylation is 1. The highest BCUT2D eigenvalue weighted by Crippen LogP contribution is 2.24. The van der Waals surface area contributed by atoms with Crippen LogP contribution in [0, 0.1) is 0 Å². The Hall–Kier alpha value is -2.04. The van der Waals surface area contributed by atoms with E-state index < -0.39 is 6.04 Å². The predicted octanol–water partition coefficient (Wildman–Crippen LogP) is 5.99. The Morgan fingerprint density at radius 2 is 1.61 bits per heavy atom. The topological polar surface area (TPSA) is 49.4 Å². The molecular weight excluding hydrogens is 431 g/mol. The maximum Gasteiger partial charge on any atom is 0.242 e. The zero-order chi connectivity index (χ0) is 23.0. The Kier molecular flexibility index (Phi) is 9.86. The molecule has 0 unspecified atom stereocenters. The van der Waals surface area contributed by atoms with Gasteiger partial charge in [0.05, 0.1) is 10.0 Å². The van der Waals surface area contributed by atoms with Crippen molar-refractivity contribution in [1.29, 1.82) is 0 Å². The molecule has 0 spiro atoms. The first-order chi connectivity index (χ1) is 14.8. The fourth-order valence-electron chi connectivity index (χ4n) is 3.51. The van der Waals surface area contributed by atoms with Gasteiger partial charge in [-0.1, -0.05) is 74.3 Å². The molecule has 4 nitrogen and oxygen atoms in total. The lowest BCUT2D eigenvalue weighted by Gasteiger charge is -2.30. The van der Waals surface area contributed by atoms with Crippen molar-refractivity contribution in [2.24, 2.45) is 0 Å². The minimum Gasteiger partial charge on any atom is -0.355 e. The minimum absolute atomic E-state index is 0.0582. The third-order valence-corrected chi connectivity index (χ3v) is 6.09. The van der Waals surface area contributed by atoms with Crippen molar-refractivity contribution in [3.8, 4) is 0 Å². The molecule has 1 N–H and O–H groups in total. The van der Waals surface area contributed by atoms with Gasteiger partial charge in [-0.05, 0) is 54.5 Å². The first-order valence-electron chi connectivity index (χ1n) is 10.9. The molecule has 168 valence electrons. The van der Waals surface area contributed by atoms with Crippen LogP contribution >= 0.6 is 23.2 Å². The smallest absolute Gasteiger partial charge is 0.242 e. The van der Waals surface area contributed by atoms with E-state index in [0.29, 0.717) is 48.3 Å². The molecule has 2 aromatic rings. The molecule has 0 radical (unpaired) electrons. The Morgan fingerprint density at radius 1 is 0.968 bits per heavy atom. The minimum atomic E-state index is -0.537. The summed E-state index contributed by atoms with van der Waals surface area (Å²) in [4.78, 5) is 27.6. The highest BCUT2D eigenvalue weighted by molar-refractivity contribution is 6.42. The lowest BCUT2D eigenvalue weighted by molar-refractivity contribution is -0.141. The summed E-state index contributed by atoms with van der Waals surface area (Å²) in [6.07, 6.45) is 1.49. The summed E-state index contributed by atoms with van der Waals surface area (Å²) >= 11 is 12.2. The Labute approximate surface area is 195 Å². The summed E-state index contributed by atoms with van der Waals surface area (Å²) in [6, 6.07) is 13.1. The standard InChI is InChI=1S/C25H32Cl2N2O2/c1-5-23(25(31)28-6-2)29(16-19-9-13-21(26)22(27)15-19)24(30)14-10-18-7-11-20(12-8-18)17(3)4/h7-9,11-13,15,17,23H,5-6,10,14,16H2,1-4H3,(H,28,31)/t23-/m1/s1. The van der Waals surface area contributed by atoms with Crippen LogP contribution in [0.25, 0.3) is 0 Å². The second-order valence-electron chi connectivity index (χ2n) is 7.99. The average Bonchev–Trinajstić information content (AvgIpc) is 2.74. The molecule has 1 atom stereocenters. The number of hydrogen-bond donors (Lipinski definition) is 1. The van der Waals surface area contributed by atoms with Gasteiger partial charge in [0, 0.05) is 19.5 Å². The van der Waals surface area contributed by atoms with Crippen molar-refractivity contribution in [2.45, 2.75) is 65.5 Å². The lowest BCUT2D eigenvalue weighted by atomic mass is 10.00. The number of nitrogens with zero attached hydrogens (tertiary/aromatic N) is 1. The molecule has 2 aromatic carbocycles.